The molecule has 0 aromatic rings. The summed E-state index contributed by atoms with van der Waals surface area (Å²) in [6.07, 6.45) is 7.64. The van der Waals surface area contributed by atoms with E-state index in [1.54, 1.807) is 0 Å². The lowest BCUT2D eigenvalue weighted by molar-refractivity contribution is -0.0141. The molecule has 1 atom stereocenters. The molecule has 0 bridgehead atoms. The number of hydrogen-bond acceptors (Lipinski definition) is 3. The quantitative estimate of drug-likeness (QED) is 0.681. The Bertz CT molecular complexity index is 173. The molecule has 90 valence electrons. The molecule has 1 saturated heterocycles. The van der Waals surface area contributed by atoms with Crippen LogP contribution >= 0.6 is 11.8 Å². The molecule has 2 nitrogen and oxygen atoms in total. The zero-order valence-electron chi connectivity index (χ0n) is 10.3. The van der Waals surface area contributed by atoms with Crippen LogP contribution in [0.2, 0.25) is 0 Å². The van der Waals surface area contributed by atoms with Gasteiger partial charge in [-0.05, 0) is 58.1 Å². The van der Waals surface area contributed by atoms with Gasteiger partial charge < -0.3 is 10.1 Å². The number of unbranched alkanes of at least 4 members (excludes halogenated alkanes) is 1. The summed E-state index contributed by atoms with van der Waals surface area (Å²) in [5, 5.41) is 3.49. The molecule has 0 aromatic heterocycles. The zero-order valence-corrected chi connectivity index (χ0v) is 11.2. The molecule has 3 heteroatoms. The zero-order chi connectivity index (χ0) is 11.1. The van der Waals surface area contributed by atoms with Crippen LogP contribution in [-0.4, -0.2) is 36.8 Å². The number of nitrogens with one attached hydrogen (secondary N) is 1. The lowest BCUT2D eigenvalue weighted by Gasteiger charge is -2.19. The van der Waals surface area contributed by atoms with E-state index in [-0.39, 0.29) is 5.60 Å². The lowest BCUT2D eigenvalue weighted by Crippen LogP contribution is -2.29. The summed E-state index contributed by atoms with van der Waals surface area (Å²) in [7, 11) is 0. The molecule has 1 fully saturated rings. The monoisotopic (exact) mass is 231 g/mol. The van der Waals surface area contributed by atoms with Gasteiger partial charge in [0.15, 0.2) is 0 Å². The molecular weight excluding hydrogens is 206 g/mol. The Kier molecular flexibility index (Phi) is 6.02. The summed E-state index contributed by atoms with van der Waals surface area (Å²) in [6, 6.07) is 0. The Hall–Kier alpha value is 0.270. The van der Waals surface area contributed by atoms with E-state index >= 15 is 0 Å². The Morgan fingerprint density at radius 1 is 1.40 bits per heavy atom. The number of thioether (sulfide) groups is 1. The first-order chi connectivity index (χ1) is 7.14. The van der Waals surface area contributed by atoms with Gasteiger partial charge in [-0.25, -0.2) is 0 Å². The summed E-state index contributed by atoms with van der Waals surface area (Å²) >= 11 is 1.93. The van der Waals surface area contributed by atoms with Crippen molar-refractivity contribution in [1.29, 1.82) is 0 Å². The second-order valence-electron chi connectivity index (χ2n) is 4.94. The summed E-state index contributed by atoms with van der Waals surface area (Å²) in [6.45, 7) is 6.54. The Balaban J connectivity index is 1.93. The molecule has 0 aromatic carbocycles. The van der Waals surface area contributed by atoms with Crippen molar-refractivity contribution >= 4 is 11.8 Å². The molecule has 1 unspecified atom stereocenters. The highest BCUT2D eigenvalue weighted by Crippen LogP contribution is 2.28. The third-order valence-electron chi connectivity index (χ3n) is 2.88. The van der Waals surface area contributed by atoms with Crippen LogP contribution in [0, 0.1) is 0 Å². The second kappa shape index (κ2) is 6.77. The summed E-state index contributed by atoms with van der Waals surface area (Å²) < 4.78 is 5.91. The van der Waals surface area contributed by atoms with E-state index in [0.717, 1.165) is 13.1 Å². The molecule has 1 aliphatic rings. The fourth-order valence-corrected chi connectivity index (χ4v) is 2.47. The van der Waals surface area contributed by atoms with E-state index in [9.17, 15) is 0 Å². The molecule has 0 amide bonds. The van der Waals surface area contributed by atoms with Crippen LogP contribution in [0.4, 0.5) is 0 Å². The van der Waals surface area contributed by atoms with Crippen molar-refractivity contribution in [1.82, 2.24) is 5.32 Å². The third kappa shape index (κ3) is 5.79. The first kappa shape index (κ1) is 13.3. The SMILES string of the molecule is CSCCCCNCC1CCC(C)(C)O1. The topological polar surface area (TPSA) is 21.3 Å². The van der Waals surface area contributed by atoms with Crippen molar-refractivity contribution in [2.45, 2.75) is 51.2 Å². The number of hydrogen-bond donors (Lipinski definition) is 1. The van der Waals surface area contributed by atoms with Gasteiger partial charge in [-0.2, -0.15) is 11.8 Å². The highest BCUT2D eigenvalue weighted by atomic mass is 32.2. The maximum Gasteiger partial charge on any atom is 0.0707 e. The van der Waals surface area contributed by atoms with Crippen LogP contribution in [0.15, 0.2) is 0 Å². The summed E-state index contributed by atoms with van der Waals surface area (Å²) in [5.41, 5.74) is 0.116. The van der Waals surface area contributed by atoms with Crippen molar-refractivity contribution in [2.75, 3.05) is 25.1 Å². The number of rotatable bonds is 7. The van der Waals surface area contributed by atoms with Gasteiger partial charge in [0.25, 0.3) is 0 Å². The molecular formula is C12H25NOS. The van der Waals surface area contributed by atoms with Crippen molar-refractivity contribution in [3.05, 3.63) is 0 Å². The van der Waals surface area contributed by atoms with Gasteiger partial charge in [0, 0.05) is 6.54 Å². The molecule has 1 N–H and O–H groups in total. The van der Waals surface area contributed by atoms with Crippen molar-refractivity contribution in [3.63, 3.8) is 0 Å². The first-order valence-corrected chi connectivity index (χ1v) is 7.41. The van der Waals surface area contributed by atoms with Crippen LogP contribution in [0.1, 0.15) is 39.5 Å². The minimum atomic E-state index is 0.116. The van der Waals surface area contributed by atoms with Gasteiger partial charge >= 0.3 is 0 Å². The second-order valence-corrected chi connectivity index (χ2v) is 5.93. The maximum absolute atomic E-state index is 5.91. The smallest absolute Gasteiger partial charge is 0.0707 e. The molecule has 15 heavy (non-hydrogen) atoms. The van der Waals surface area contributed by atoms with E-state index in [2.05, 4.69) is 25.4 Å². The largest absolute Gasteiger partial charge is 0.371 e. The fraction of sp³-hybridized carbons (Fsp3) is 1.00. The van der Waals surface area contributed by atoms with Crippen molar-refractivity contribution in [2.24, 2.45) is 0 Å². The van der Waals surface area contributed by atoms with Crippen LogP contribution < -0.4 is 5.32 Å². The standard InChI is InChI=1S/C12H25NOS/c1-12(2)7-6-11(14-12)10-13-8-4-5-9-15-3/h11,13H,4-10H2,1-3H3. The minimum absolute atomic E-state index is 0.116. The average molecular weight is 231 g/mol. The third-order valence-corrected chi connectivity index (χ3v) is 3.58. The van der Waals surface area contributed by atoms with Gasteiger partial charge in [-0.15, -0.1) is 0 Å². The molecule has 0 radical (unpaired) electrons. The van der Waals surface area contributed by atoms with Gasteiger partial charge in [-0.1, -0.05) is 0 Å². The molecule has 1 aliphatic heterocycles. The Labute approximate surface area is 98.5 Å². The van der Waals surface area contributed by atoms with Gasteiger partial charge in [0.05, 0.1) is 11.7 Å². The van der Waals surface area contributed by atoms with Crippen molar-refractivity contribution < 1.29 is 4.74 Å². The van der Waals surface area contributed by atoms with Crippen molar-refractivity contribution in [3.8, 4) is 0 Å². The van der Waals surface area contributed by atoms with Gasteiger partial charge in [-0.3, -0.25) is 0 Å². The van der Waals surface area contributed by atoms with E-state index in [4.69, 9.17) is 4.74 Å². The predicted molar refractivity (Wildman–Crippen MR) is 68.7 cm³/mol. The molecule has 0 aliphatic carbocycles. The Morgan fingerprint density at radius 2 is 2.20 bits per heavy atom. The lowest BCUT2D eigenvalue weighted by atomic mass is 10.1. The minimum Gasteiger partial charge on any atom is -0.371 e. The van der Waals surface area contributed by atoms with Crippen LogP contribution in [0.5, 0.6) is 0 Å². The summed E-state index contributed by atoms with van der Waals surface area (Å²) in [5.74, 6) is 1.29. The average Bonchev–Trinajstić information content (AvgIpc) is 2.52. The molecule has 0 spiro atoms. The molecule has 1 heterocycles. The van der Waals surface area contributed by atoms with Crippen LogP contribution in [-0.2, 0) is 4.74 Å². The number of ether oxygens (including phenoxy) is 1. The predicted octanol–water partition coefficient (Wildman–Crippen LogP) is 2.68. The highest BCUT2D eigenvalue weighted by molar-refractivity contribution is 7.98. The molecule has 0 saturated carbocycles. The van der Waals surface area contributed by atoms with E-state index in [0.29, 0.717) is 6.10 Å². The van der Waals surface area contributed by atoms with E-state index < -0.39 is 0 Å². The molecule has 1 rings (SSSR count). The van der Waals surface area contributed by atoms with E-state index in [1.165, 1.54) is 31.4 Å². The normalized spacial score (nSPS) is 24.6. The fourth-order valence-electron chi connectivity index (χ4n) is 1.98. The van der Waals surface area contributed by atoms with Gasteiger partial charge in [0.2, 0.25) is 0 Å². The Morgan fingerprint density at radius 3 is 2.80 bits per heavy atom. The van der Waals surface area contributed by atoms with Crippen LogP contribution in [0.3, 0.4) is 0 Å². The van der Waals surface area contributed by atoms with Crippen LogP contribution in [0.25, 0.3) is 0 Å². The highest BCUT2D eigenvalue weighted by Gasteiger charge is 2.30. The first-order valence-electron chi connectivity index (χ1n) is 6.01. The summed E-state index contributed by atoms with van der Waals surface area (Å²) in [4.78, 5) is 0. The van der Waals surface area contributed by atoms with Gasteiger partial charge in [0.1, 0.15) is 0 Å². The van der Waals surface area contributed by atoms with E-state index in [1.807, 2.05) is 11.8 Å². The maximum atomic E-state index is 5.91.